The van der Waals surface area contributed by atoms with Crippen LogP contribution in [0.1, 0.15) is 5.69 Å². The number of aryl methyl sites for hydroxylation is 1. The third-order valence-corrected chi connectivity index (χ3v) is 3.95. The molecule has 0 aliphatic rings. The molecule has 0 spiro atoms. The van der Waals surface area contributed by atoms with Crippen LogP contribution in [0, 0.1) is 12.7 Å². The summed E-state index contributed by atoms with van der Waals surface area (Å²) in [6.07, 6.45) is 0. The van der Waals surface area contributed by atoms with Crippen molar-refractivity contribution in [3.63, 3.8) is 0 Å². The summed E-state index contributed by atoms with van der Waals surface area (Å²) in [5.74, 6) is -0.802. The van der Waals surface area contributed by atoms with Gasteiger partial charge >= 0.3 is 0 Å². The Morgan fingerprint density at radius 3 is 2.71 bits per heavy atom. The van der Waals surface area contributed by atoms with Gasteiger partial charge in [0.25, 0.3) is 10.0 Å². The number of hydrogen-bond acceptors (Lipinski definition) is 6. The van der Waals surface area contributed by atoms with E-state index in [0.29, 0.717) is 5.69 Å². The maximum absolute atomic E-state index is 13.4. The molecule has 1 aromatic carbocycles. The molecule has 0 saturated carbocycles. The van der Waals surface area contributed by atoms with Crippen LogP contribution in [-0.2, 0) is 10.0 Å². The van der Waals surface area contributed by atoms with Crippen LogP contribution in [0.15, 0.2) is 29.2 Å². The van der Waals surface area contributed by atoms with Crippen LogP contribution in [0.5, 0.6) is 5.88 Å². The maximum Gasteiger partial charge on any atom is 0.266 e. The molecule has 2 aromatic rings. The van der Waals surface area contributed by atoms with Gasteiger partial charge in [0.15, 0.2) is 0 Å². The highest BCUT2D eigenvalue weighted by molar-refractivity contribution is 7.92. The molecule has 112 valence electrons. The Morgan fingerprint density at radius 1 is 1.33 bits per heavy atom. The molecular formula is C12H13FN4O3S. The summed E-state index contributed by atoms with van der Waals surface area (Å²) in [5, 5.41) is 0. The van der Waals surface area contributed by atoms with E-state index in [1.807, 2.05) is 0 Å². The molecule has 7 nitrogen and oxygen atoms in total. The van der Waals surface area contributed by atoms with E-state index in [1.165, 1.54) is 25.3 Å². The molecule has 0 aliphatic heterocycles. The van der Waals surface area contributed by atoms with Gasteiger partial charge in [-0.1, -0.05) is 6.07 Å². The van der Waals surface area contributed by atoms with Crippen LogP contribution in [0.3, 0.4) is 0 Å². The fourth-order valence-corrected chi connectivity index (χ4v) is 2.70. The molecule has 0 unspecified atom stereocenters. The largest absolute Gasteiger partial charge is 0.481 e. The Morgan fingerprint density at radius 2 is 2.05 bits per heavy atom. The van der Waals surface area contributed by atoms with Gasteiger partial charge < -0.3 is 10.5 Å². The standard InChI is InChI=1S/C12H13FN4O3S/c1-7-6-10(20-2)16-12(15-7)17-21(18,19)9-5-3-4-8(13)11(9)14/h3-6H,14H2,1-2H3,(H,15,16,17). The lowest BCUT2D eigenvalue weighted by Crippen LogP contribution is -2.17. The summed E-state index contributed by atoms with van der Waals surface area (Å²) < 4.78 is 44.8. The first-order chi connectivity index (χ1) is 9.83. The van der Waals surface area contributed by atoms with Crippen LogP contribution in [0.2, 0.25) is 0 Å². The lowest BCUT2D eigenvalue weighted by molar-refractivity contribution is 0.397. The van der Waals surface area contributed by atoms with Crippen molar-refractivity contribution in [2.75, 3.05) is 17.6 Å². The topological polar surface area (TPSA) is 107 Å². The first-order valence-corrected chi connectivity index (χ1v) is 7.28. The number of sulfonamides is 1. The minimum Gasteiger partial charge on any atom is -0.481 e. The summed E-state index contributed by atoms with van der Waals surface area (Å²) in [5.41, 5.74) is 5.49. The van der Waals surface area contributed by atoms with E-state index in [-0.39, 0.29) is 16.7 Å². The Bertz CT molecular complexity index is 780. The van der Waals surface area contributed by atoms with Crippen molar-refractivity contribution in [1.29, 1.82) is 0 Å². The van der Waals surface area contributed by atoms with Crippen molar-refractivity contribution >= 4 is 21.7 Å². The highest BCUT2D eigenvalue weighted by atomic mass is 32.2. The van der Waals surface area contributed by atoms with Gasteiger partial charge in [-0.2, -0.15) is 4.98 Å². The SMILES string of the molecule is COc1cc(C)nc(NS(=O)(=O)c2cccc(F)c2N)n1. The van der Waals surface area contributed by atoms with Crippen LogP contribution >= 0.6 is 0 Å². The zero-order valence-electron chi connectivity index (χ0n) is 11.3. The molecule has 0 amide bonds. The Hall–Kier alpha value is -2.42. The number of methoxy groups -OCH3 is 1. The lowest BCUT2D eigenvalue weighted by atomic mass is 10.3. The zero-order chi connectivity index (χ0) is 15.6. The number of nitrogen functional groups attached to an aromatic ring is 1. The third kappa shape index (κ3) is 3.19. The number of nitrogens with zero attached hydrogens (tertiary/aromatic N) is 2. The molecule has 0 bridgehead atoms. The van der Waals surface area contributed by atoms with Crippen molar-refractivity contribution in [2.45, 2.75) is 11.8 Å². The minimum absolute atomic E-state index is 0.185. The summed E-state index contributed by atoms with van der Waals surface area (Å²) in [6.45, 7) is 1.65. The average molecular weight is 312 g/mol. The fourth-order valence-electron chi connectivity index (χ4n) is 1.62. The number of halogens is 1. The van der Waals surface area contributed by atoms with Gasteiger partial charge in [-0.05, 0) is 19.1 Å². The molecule has 2 rings (SSSR count). The molecule has 21 heavy (non-hydrogen) atoms. The number of nitrogens with one attached hydrogen (secondary N) is 1. The van der Waals surface area contributed by atoms with E-state index in [1.54, 1.807) is 6.92 Å². The van der Waals surface area contributed by atoms with Crippen LogP contribution in [0.4, 0.5) is 16.0 Å². The highest BCUT2D eigenvalue weighted by Gasteiger charge is 2.21. The highest BCUT2D eigenvalue weighted by Crippen LogP contribution is 2.23. The van der Waals surface area contributed by atoms with Crippen molar-refractivity contribution in [3.05, 3.63) is 35.8 Å². The van der Waals surface area contributed by atoms with Gasteiger partial charge in [0.1, 0.15) is 10.7 Å². The molecule has 0 fully saturated rings. The van der Waals surface area contributed by atoms with Crippen molar-refractivity contribution in [2.24, 2.45) is 0 Å². The van der Waals surface area contributed by atoms with E-state index in [2.05, 4.69) is 14.7 Å². The molecule has 3 N–H and O–H groups in total. The number of aromatic nitrogens is 2. The number of anilines is 2. The normalized spacial score (nSPS) is 11.2. The molecular weight excluding hydrogens is 299 g/mol. The van der Waals surface area contributed by atoms with Gasteiger partial charge in [0, 0.05) is 11.8 Å². The van der Waals surface area contributed by atoms with Crippen molar-refractivity contribution < 1.29 is 17.5 Å². The molecule has 1 aromatic heterocycles. The zero-order valence-corrected chi connectivity index (χ0v) is 12.1. The van der Waals surface area contributed by atoms with Crippen molar-refractivity contribution in [1.82, 2.24) is 9.97 Å². The number of nitrogens with two attached hydrogens (primary N) is 1. The Labute approximate surface area is 121 Å². The second kappa shape index (κ2) is 5.52. The predicted molar refractivity (Wildman–Crippen MR) is 74.9 cm³/mol. The first-order valence-electron chi connectivity index (χ1n) is 5.80. The maximum atomic E-state index is 13.4. The number of hydrogen-bond donors (Lipinski definition) is 2. The number of rotatable bonds is 4. The van der Waals surface area contributed by atoms with E-state index in [0.717, 1.165) is 6.07 Å². The first kappa shape index (κ1) is 15.0. The Kier molecular flexibility index (Phi) is 3.94. The summed E-state index contributed by atoms with van der Waals surface area (Å²) in [7, 11) is -2.71. The van der Waals surface area contributed by atoms with E-state index >= 15 is 0 Å². The van der Waals surface area contributed by atoms with Crippen LogP contribution in [-0.4, -0.2) is 25.5 Å². The van der Waals surface area contributed by atoms with Crippen LogP contribution < -0.4 is 15.2 Å². The van der Waals surface area contributed by atoms with Crippen molar-refractivity contribution in [3.8, 4) is 5.88 Å². The lowest BCUT2D eigenvalue weighted by Gasteiger charge is -2.10. The van der Waals surface area contributed by atoms with Gasteiger partial charge in [-0.25, -0.2) is 22.5 Å². The van der Waals surface area contributed by atoms with Gasteiger partial charge in [-0.15, -0.1) is 0 Å². The van der Waals surface area contributed by atoms with Gasteiger partial charge in [0.05, 0.1) is 12.8 Å². The molecule has 0 atom stereocenters. The van der Waals surface area contributed by atoms with E-state index < -0.39 is 21.5 Å². The third-order valence-electron chi connectivity index (χ3n) is 2.57. The number of ether oxygens (including phenoxy) is 1. The predicted octanol–water partition coefficient (Wildman–Crippen LogP) is 1.32. The van der Waals surface area contributed by atoms with Gasteiger partial charge in [-0.3, -0.25) is 0 Å². The summed E-state index contributed by atoms with van der Waals surface area (Å²) >= 11 is 0. The molecule has 0 saturated heterocycles. The van der Waals surface area contributed by atoms with Gasteiger partial charge in [0.2, 0.25) is 11.8 Å². The summed E-state index contributed by atoms with van der Waals surface area (Å²) in [4.78, 5) is 7.40. The molecule has 9 heteroatoms. The minimum atomic E-state index is -4.10. The molecule has 1 heterocycles. The smallest absolute Gasteiger partial charge is 0.266 e. The van der Waals surface area contributed by atoms with E-state index in [4.69, 9.17) is 10.5 Å². The number of para-hydroxylation sites is 1. The summed E-state index contributed by atoms with van der Waals surface area (Å²) in [6, 6.07) is 5.04. The Balaban J connectivity index is 2.42. The second-order valence-electron chi connectivity index (χ2n) is 4.13. The molecule has 0 radical (unpaired) electrons. The second-order valence-corrected chi connectivity index (χ2v) is 5.78. The van der Waals surface area contributed by atoms with Crippen LogP contribution in [0.25, 0.3) is 0 Å². The monoisotopic (exact) mass is 312 g/mol. The number of benzene rings is 1. The quantitative estimate of drug-likeness (QED) is 0.824. The molecule has 0 aliphatic carbocycles. The van der Waals surface area contributed by atoms with E-state index in [9.17, 15) is 12.8 Å². The average Bonchev–Trinajstić information content (AvgIpc) is 2.40. The fraction of sp³-hybridized carbons (Fsp3) is 0.167.